The quantitative estimate of drug-likeness (QED) is 0.707. The molecule has 1 aromatic rings. The van der Waals surface area contributed by atoms with Crippen molar-refractivity contribution in [3.8, 4) is 0 Å². The monoisotopic (exact) mass is 239 g/mol. The molecule has 94 valence electrons. The van der Waals surface area contributed by atoms with Crippen LogP contribution >= 0.6 is 0 Å². The second-order valence-corrected chi connectivity index (χ2v) is 4.62. The molecule has 3 rings (SSSR count). The molecule has 2 saturated heterocycles. The maximum absolute atomic E-state index is 6.00. The molecule has 1 N–H and O–H groups in total. The van der Waals surface area contributed by atoms with Crippen LogP contribution in [0, 0.1) is 0 Å². The predicted octanol–water partition coefficient (Wildman–Crippen LogP) is -0.580. The van der Waals surface area contributed by atoms with Gasteiger partial charge in [0.25, 0.3) is 0 Å². The molecule has 2 unspecified atom stereocenters. The van der Waals surface area contributed by atoms with E-state index in [2.05, 4.69) is 20.8 Å². The Balaban J connectivity index is 1.92. The molecule has 0 aromatic carbocycles. The fraction of sp³-hybridized carbons (Fsp3) is 0.900. The van der Waals surface area contributed by atoms with E-state index in [0.29, 0.717) is 13.2 Å². The largest absolute Gasteiger partial charge is 0.378 e. The molecule has 3 heterocycles. The summed E-state index contributed by atoms with van der Waals surface area (Å²) in [5.41, 5.74) is -0.307. The van der Waals surface area contributed by atoms with E-state index in [1.54, 1.807) is 4.68 Å². The summed E-state index contributed by atoms with van der Waals surface area (Å²) < 4.78 is 13.3. The van der Waals surface area contributed by atoms with Crippen LogP contribution in [0.2, 0.25) is 0 Å². The van der Waals surface area contributed by atoms with Gasteiger partial charge in [-0.15, -0.1) is 5.10 Å². The van der Waals surface area contributed by atoms with Crippen molar-refractivity contribution in [3.63, 3.8) is 0 Å². The van der Waals surface area contributed by atoms with Crippen LogP contribution in [0.15, 0.2) is 0 Å². The Morgan fingerprint density at radius 2 is 2.41 bits per heavy atom. The van der Waals surface area contributed by atoms with Crippen LogP contribution in [-0.4, -0.2) is 52.2 Å². The molecule has 0 amide bonds. The fourth-order valence-corrected chi connectivity index (χ4v) is 2.67. The minimum absolute atomic E-state index is 0.0107. The molecule has 2 atom stereocenters. The van der Waals surface area contributed by atoms with Crippen LogP contribution in [0.5, 0.6) is 0 Å². The number of aryl methyl sites for hydroxylation is 1. The van der Waals surface area contributed by atoms with Gasteiger partial charge in [-0.25, -0.2) is 4.68 Å². The Morgan fingerprint density at radius 3 is 3.12 bits per heavy atom. The maximum Gasteiger partial charge on any atom is 0.171 e. The Labute approximate surface area is 99.5 Å². The highest BCUT2D eigenvalue weighted by Crippen LogP contribution is 2.36. The van der Waals surface area contributed by atoms with Crippen LogP contribution in [-0.2, 0) is 16.5 Å². The Hall–Kier alpha value is -1.05. The smallest absolute Gasteiger partial charge is 0.171 e. The van der Waals surface area contributed by atoms with Crippen molar-refractivity contribution in [2.24, 2.45) is 7.05 Å². The molecule has 0 saturated carbocycles. The third-order valence-corrected chi connectivity index (χ3v) is 3.51. The number of morpholine rings is 1. The van der Waals surface area contributed by atoms with Crippen LogP contribution in [0.3, 0.4) is 0 Å². The summed E-state index contributed by atoms with van der Waals surface area (Å²) in [6.07, 6.45) is 2.00. The van der Waals surface area contributed by atoms with Crippen molar-refractivity contribution in [2.75, 3.05) is 26.4 Å². The third-order valence-electron chi connectivity index (χ3n) is 3.51. The lowest BCUT2D eigenvalue weighted by atomic mass is 9.86. The summed E-state index contributed by atoms with van der Waals surface area (Å²) in [6.45, 7) is 2.96. The Morgan fingerprint density at radius 1 is 1.47 bits per heavy atom. The SMILES string of the molecule is Cn1nnnc1C1NCCOC12CCCOC2. The van der Waals surface area contributed by atoms with E-state index < -0.39 is 0 Å². The first-order chi connectivity index (χ1) is 8.32. The fourth-order valence-electron chi connectivity index (χ4n) is 2.67. The zero-order valence-electron chi connectivity index (χ0n) is 9.93. The number of rotatable bonds is 1. The zero-order valence-corrected chi connectivity index (χ0v) is 9.93. The minimum Gasteiger partial charge on any atom is -0.378 e. The number of nitrogens with zero attached hydrogens (tertiary/aromatic N) is 4. The minimum atomic E-state index is -0.307. The van der Waals surface area contributed by atoms with E-state index in [9.17, 15) is 0 Å². The van der Waals surface area contributed by atoms with E-state index in [1.165, 1.54) is 0 Å². The summed E-state index contributed by atoms with van der Waals surface area (Å²) in [4.78, 5) is 0. The van der Waals surface area contributed by atoms with Crippen molar-refractivity contribution >= 4 is 0 Å². The van der Waals surface area contributed by atoms with Gasteiger partial charge in [0, 0.05) is 20.2 Å². The first kappa shape index (κ1) is 11.1. The summed E-state index contributed by atoms with van der Waals surface area (Å²) in [5, 5.41) is 15.1. The van der Waals surface area contributed by atoms with Crippen molar-refractivity contribution in [2.45, 2.75) is 24.5 Å². The number of aromatic nitrogens is 4. The van der Waals surface area contributed by atoms with E-state index >= 15 is 0 Å². The van der Waals surface area contributed by atoms with Crippen molar-refractivity contribution in [1.29, 1.82) is 0 Å². The van der Waals surface area contributed by atoms with E-state index in [1.807, 2.05) is 7.05 Å². The van der Waals surface area contributed by atoms with Gasteiger partial charge in [-0.1, -0.05) is 0 Å². The molecule has 7 nitrogen and oxygen atoms in total. The number of hydrogen-bond acceptors (Lipinski definition) is 6. The van der Waals surface area contributed by atoms with Gasteiger partial charge >= 0.3 is 0 Å². The highest BCUT2D eigenvalue weighted by Gasteiger charge is 2.46. The molecule has 7 heteroatoms. The Bertz CT molecular complexity index is 380. The van der Waals surface area contributed by atoms with Crippen molar-refractivity contribution < 1.29 is 9.47 Å². The van der Waals surface area contributed by atoms with Gasteiger partial charge in [0.1, 0.15) is 11.6 Å². The van der Waals surface area contributed by atoms with E-state index in [4.69, 9.17) is 9.47 Å². The third kappa shape index (κ3) is 1.84. The molecular formula is C10H17N5O2. The summed E-state index contributed by atoms with van der Waals surface area (Å²) >= 11 is 0. The highest BCUT2D eigenvalue weighted by molar-refractivity contribution is 5.07. The molecule has 0 aliphatic carbocycles. The number of nitrogens with one attached hydrogen (secondary N) is 1. The van der Waals surface area contributed by atoms with Gasteiger partial charge in [-0.3, -0.25) is 0 Å². The molecule has 0 bridgehead atoms. The summed E-state index contributed by atoms with van der Waals surface area (Å²) in [5.74, 6) is 0.815. The normalized spacial score (nSPS) is 34.1. The van der Waals surface area contributed by atoms with E-state index in [-0.39, 0.29) is 11.6 Å². The van der Waals surface area contributed by atoms with Crippen molar-refractivity contribution in [3.05, 3.63) is 5.82 Å². The molecule has 2 fully saturated rings. The molecule has 1 spiro atoms. The van der Waals surface area contributed by atoms with Gasteiger partial charge in [-0.2, -0.15) is 0 Å². The van der Waals surface area contributed by atoms with Crippen LogP contribution in [0.1, 0.15) is 24.7 Å². The molecule has 2 aliphatic heterocycles. The molecule has 1 aromatic heterocycles. The van der Waals surface area contributed by atoms with Gasteiger partial charge < -0.3 is 14.8 Å². The van der Waals surface area contributed by atoms with Crippen LogP contribution in [0.25, 0.3) is 0 Å². The van der Waals surface area contributed by atoms with Gasteiger partial charge in [-0.05, 0) is 23.3 Å². The molecule has 17 heavy (non-hydrogen) atoms. The second kappa shape index (κ2) is 4.32. The average molecular weight is 239 g/mol. The lowest BCUT2D eigenvalue weighted by Crippen LogP contribution is -2.57. The standard InChI is InChI=1S/C10H17N5O2/c1-15-9(12-13-14-15)8-10(17-6-4-11-8)3-2-5-16-7-10/h8,11H,2-7H2,1H3. The topological polar surface area (TPSA) is 74.1 Å². The summed E-state index contributed by atoms with van der Waals surface area (Å²) in [6, 6.07) is 0.0107. The molecular weight excluding hydrogens is 222 g/mol. The van der Waals surface area contributed by atoms with Gasteiger partial charge in [0.15, 0.2) is 5.82 Å². The number of ether oxygens (including phenoxy) is 2. The number of tetrazole rings is 1. The number of hydrogen-bond donors (Lipinski definition) is 1. The van der Waals surface area contributed by atoms with Gasteiger partial charge in [0.2, 0.25) is 0 Å². The maximum atomic E-state index is 6.00. The van der Waals surface area contributed by atoms with E-state index in [0.717, 1.165) is 31.8 Å². The first-order valence-electron chi connectivity index (χ1n) is 5.99. The zero-order chi connectivity index (χ0) is 11.7. The van der Waals surface area contributed by atoms with Crippen LogP contribution in [0.4, 0.5) is 0 Å². The lowest BCUT2D eigenvalue weighted by Gasteiger charge is -2.45. The van der Waals surface area contributed by atoms with Crippen molar-refractivity contribution in [1.82, 2.24) is 25.5 Å². The Kier molecular flexibility index (Phi) is 2.81. The molecule has 0 radical (unpaired) electrons. The lowest BCUT2D eigenvalue weighted by molar-refractivity contribution is -0.167. The predicted molar refractivity (Wildman–Crippen MR) is 58.3 cm³/mol. The second-order valence-electron chi connectivity index (χ2n) is 4.62. The average Bonchev–Trinajstić information content (AvgIpc) is 2.77. The first-order valence-corrected chi connectivity index (χ1v) is 5.99. The molecule has 2 aliphatic rings. The highest BCUT2D eigenvalue weighted by atomic mass is 16.5. The van der Waals surface area contributed by atoms with Gasteiger partial charge in [0.05, 0.1) is 13.2 Å². The summed E-state index contributed by atoms with van der Waals surface area (Å²) in [7, 11) is 1.85. The van der Waals surface area contributed by atoms with Crippen LogP contribution < -0.4 is 5.32 Å².